The smallest absolute Gasteiger partial charge is 0.306 e. The van der Waals surface area contributed by atoms with Crippen LogP contribution in [0, 0.1) is 16.0 Å². The van der Waals surface area contributed by atoms with Crippen LogP contribution in [0.15, 0.2) is 54.6 Å². The molecule has 36 heavy (non-hydrogen) atoms. The third-order valence-electron chi connectivity index (χ3n) is 5.52. The van der Waals surface area contributed by atoms with Gasteiger partial charge in [0.1, 0.15) is 0 Å². The van der Waals surface area contributed by atoms with Gasteiger partial charge in [-0.15, -0.1) is 10.1 Å². The Balaban J connectivity index is 1.84. The van der Waals surface area contributed by atoms with Gasteiger partial charge >= 0.3 is 11.9 Å². The van der Waals surface area contributed by atoms with E-state index in [2.05, 4.69) is 10.2 Å². The number of carboxylic acid groups (broad SMARTS) is 1. The van der Waals surface area contributed by atoms with Gasteiger partial charge in [0.15, 0.2) is 0 Å². The highest BCUT2D eigenvalue weighted by molar-refractivity contribution is 5.81. The number of aliphatic carboxylic acids is 1. The molecule has 0 aliphatic heterocycles. The SMILES string of the molecule is CC(C[C@@H](Cc1ccc(-c2ccccc2)cc1)NC(=O)CCC(=O)OCCCCO[N+](=O)[O-])C(=O)O. The van der Waals surface area contributed by atoms with Crippen LogP contribution in [0.3, 0.4) is 0 Å². The summed E-state index contributed by atoms with van der Waals surface area (Å²) in [6.07, 6.45) is 1.26. The van der Waals surface area contributed by atoms with Gasteiger partial charge in [-0.25, -0.2) is 0 Å². The molecule has 10 nitrogen and oxygen atoms in total. The van der Waals surface area contributed by atoms with Crippen LogP contribution in [0.2, 0.25) is 0 Å². The van der Waals surface area contributed by atoms with E-state index in [1.54, 1.807) is 6.92 Å². The fourth-order valence-corrected chi connectivity index (χ4v) is 3.59. The second kappa shape index (κ2) is 15.1. The minimum Gasteiger partial charge on any atom is -0.481 e. The van der Waals surface area contributed by atoms with Gasteiger partial charge in [0.05, 0.1) is 25.6 Å². The molecule has 0 aliphatic carbocycles. The van der Waals surface area contributed by atoms with Gasteiger partial charge < -0.3 is 20.0 Å². The normalized spacial score (nSPS) is 12.2. The summed E-state index contributed by atoms with van der Waals surface area (Å²) in [6.45, 7) is 1.60. The minimum absolute atomic E-state index is 0.0713. The number of carbonyl (C=O) groups excluding carboxylic acids is 2. The molecule has 1 unspecified atom stereocenters. The number of amides is 1. The van der Waals surface area contributed by atoms with Gasteiger partial charge in [0.2, 0.25) is 5.91 Å². The van der Waals surface area contributed by atoms with Crippen molar-refractivity contribution in [3.05, 3.63) is 70.3 Å². The van der Waals surface area contributed by atoms with Crippen molar-refractivity contribution in [1.82, 2.24) is 5.32 Å². The van der Waals surface area contributed by atoms with Crippen LogP contribution in [-0.2, 0) is 30.4 Å². The standard InChI is InChI=1S/C26H32N2O8/c1-19(26(31)32)17-23(18-20-9-11-22(12-10-20)21-7-3-2-4-8-21)27-24(29)13-14-25(30)35-15-5-6-16-36-28(33)34/h2-4,7-12,19,23H,5-6,13-18H2,1H3,(H,27,29)(H,31,32)/t19?,23-/m0/s1. The number of carbonyl (C=O) groups is 3. The maximum Gasteiger partial charge on any atom is 0.306 e. The van der Waals surface area contributed by atoms with Crippen molar-refractivity contribution in [3.63, 3.8) is 0 Å². The van der Waals surface area contributed by atoms with E-state index >= 15 is 0 Å². The molecule has 0 aliphatic rings. The molecule has 0 aromatic heterocycles. The summed E-state index contributed by atoms with van der Waals surface area (Å²) in [5.41, 5.74) is 3.10. The molecule has 0 bridgehead atoms. The molecule has 2 rings (SSSR count). The third-order valence-corrected chi connectivity index (χ3v) is 5.52. The molecule has 194 valence electrons. The van der Waals surface area contributed by atoms with Gasteiger partial charge in [-0.3, -0.25) is 14.4 Å². The molecule has 0 heterocycles. The highest BCUT2D eigenvalue weighted by Crippen LogP contribution is 2.20. The predicted molar refractivity (Wildman–Crippen MR) is 131 cm³/mol. The van der Waals surface area contributed by atoms with Crippen molar-refractivity contribution in [2.45, 2.75) is 51.5 Å². The quantitative estimate of drug-likeness (QED) is 0.153. The highest BCUT2D eigenvalue weighted by Gasteiger charge is 2.21. The van der Waals surface area contributed by atoms with Crippen molar-refractivity contribution >= 4 is 17.8 Å². The summed E-state index contributed by atoms with van der Waals surface area (Å²) < 4.78 is 5.02. The number of hydrogen-bond donors (Lipinski definition) is 2. The first-order chi connectivity index (χ1) is 17.2. The lowest BCUT2D eigenvalue weighted by atomic mass is 9.95. The summed E-state index contributed by atoms with van der Waals surface area (Å²) in [4.78, 5) is 49.9. The van der Waals surface area contributed by atoms with Gasteiger partial charge in [-0.2, -0.15) is 0 Å². The molecule has 0 saturated heterocycles. The first-order valence-corrected chi connectivity index (χ1v) is 11.8. The number of ether oxygens (including phenoxy) is 1. The molecule has 0 saturated carbocycles. The fourth-order valence-electron chi connectivity index (χ4n) is 3.59. The minimum atomic E-state index is -0.944. The summed E-state index contributed by atoms with van der Waals surface area (Å²) in [5.74, 6) is -2.51. The number of nitrogens with one attached hydrogen (secondary N) is 1. The van der Waals surface area contributed by atoms with Crippen LogP contribution >= 0.6 is 0 Å². The highest BCUT2D eigenvalue weighted by atomic mass is 16.9. The predicted octanol–water partition coefficient (Wildman–Crippen LogP) is 3.80. The van der Waals surface area contributed by atoms with E-state index in [1.807, 2.05) is 54.6 Å². The lowest BCUT2D eigenvalue weighted by Gasteiger charge is -2.21. The van der Waals surface area contributed by atoms with Gasteiger partial charge in [0, 0.05) is 12.5 Å². The summed E-state index contributed by atoms with van der Waals surface area (Å²) in [5, 5.41) is 21.4. The number of esters is 1. The number of nitrogens with zero attached hydrogens (tertiary/aromatic N) is 1. The zero-order valence-electron chi connectivity index (χ0n) is 20.3. The van der Waals surface area contributed by atoms with Crippen molar-refractivity contribution in [2.75, 3.05) is 13.2 Å². The average molecular weight is 501 g/mol. The van der Waals surface area contributed by atoms with Gasteiger partial charge in [-0.1, -0.05) is 61.5 Å². The van der Waals surface area contributed by atoms with Crippen LogP contribution in [-0.4, -0.2) is 47.3 Å². The van der Waals surface area contributed by atoms with E-state index in [9.17, 15) is 29.6 Å². The largest absolute Gasteiger partial charge is 0.481 e. The molecule has 0 spiro atoms. The van der Waals surface area contributed by atoms with E-state index in [0.717, 1.165) is 16.7 Å². The first kappa shape index (κ1) is 28.3. The van der Waals surface area contributed by atoms with Crippen LogP contribution < -0.4 is 5.32 Å². The topological polar surface area (TPSA) is 145 Å². The van der Waals surface area contributed by atoms with Crippen LogP contribution in [0.1, 0.15) is 44.6 Å². The van der Waals surface area contributed by atoms with E-state index in [4.69, 9.17) is 4.74 Å². The Bertz CT molecular complexity index is 995. The fraction of sp³-hybridized carbons (Fsp3) is 0.423. The molecule has 0 radical (unpaired) electrons. The molecule has 1 amide bonds. The number of unbranched alkanes of at least 4 members (excludes halogenated alkanes) is 1. The lowest BCUT2D eigenvalue weighted by molar-refractivity contribution is -0.757. The summed E-state index contributed by atoms with van der Waals surface area (Å²) in [6, 6.07) is 17.4. The summed E-state index contributed by atoms with van der Waals surface area (Å²) in [7, 11) is 0. The Hall–Kier alpha value is -3.95. The van der Waals surface area contributed by atoms with E-state index in [0.29, 0.717) is 19.3 Å². The van der Waals surface area contributed by atoms with Gasteiger partial charge in [-0.05, 0) is 42.4 Å². The first-order valence-electron chi connectivity index (χ1n) is 11.8. The molecular formula is C26H32N2O8. The second-order valence-electron chi connectivity index (χ2n) is 8.49. The Labute approximate surface area is 209 Å². The average Bonchev–Trinajstić information content (AvgIpc) is 2.85. The number of carboxylic acids is 1. The van der Waals surface area contributed by atoms with E-state index in [-0.39, 0.29) is 38.4 Å². The van der Waals surface area contributed by atoms with E-state index in [1.165, 1.54) is 0 Å². The third kappa shape index (κ3) is 11.0. The van der Waals surface area contributed by atoms with Crippen molar-refractivity contribution in [2.24, 2.45) is 5.92 Å². The molecule has 2 N–H and O–H groups in total. The van der Waals surface area contributed by atoms with Crippen molar-refractivity contribution in [3.8, 4) is 11.1 Å². The van der Waals surface area contributed by atoms with Crippen molar-refractivity contribution < 1.29 is 34.2 Å². The van der Waals surface area contributed by atoms with Gasteiger partial charge in [0.25, 0.3) is 5.09 Å². The molecule has 2 aromatic rings. The monoisotopic (exact) mass is 500 g/mol. The molecule has 0 fully saturated rings. The molecule has 2 atom stereocenters. The summed E-state index contributed by atoms with van der Waals surface area (Å²) >= 11 is 0. The maximum atomic E-state index is 12.5. The van der Waals surface area contributed by atoms with Crippen LogP contribution in [0.25, 0.3) is 11.1 Å². The lowest BCUT2D eigenvalue weighted by Crippen LogP contribution is -2.38. The zero-order valence-corrected chi connectivity index (χ0v) is 20.3. The van der Waals surface area contributed by atoms with E-state index < -0.39 is 29.0 Å². The molecule has 2 aromatic carbocycles. The zero-order chi connectivity index (χ0) is 26.3. The molecule has 10 heteroatoms. The maximum absolute atomic E-state index is 12.5. The Morgan fingerprint density at radius 2 is 1.61 bits per heavy atom. The Morgan fingerprint density at radius 3 is 2.25 bits per heavy atom. The Morgan fingerprint density at radius 1 is 0.972 bits per heavy atom. The number of hydrogen-bond acceptors (Lipinski definition) is 7. The number of benzene rings is 2. The molecular weight excluding hydrogens is 468 g/mol. The second-order valence-corrected chi connectivity index (χ2v) is 8.49. The van der Waals surface area contributed by atoms with Crippen LogP contribution in [0.4, 0.5) is 0 Å². The van der Waals surface area contributed by atoms with Crippen LogP contribution in [0.5, 0.6) is 0 Å². The number of rotatable bonds is 16. The van der Waals surface area contributed by atoms with Crippen molar-refractivity contribution in [1.29, 1.82) is 0 Å². The Kier molecular flexibility index (Phi) is 11.9.